The van der Waals surface area contributed by atoms with Gasteiger partial charge in [0.15, 0.2) is 0 Å². The number of amides is 1. The molecule has 1 aromatic carbocycles. The van der Waals surface area contributed by atoms with E-state index in [9.17, 15) is 14.9 Å². The van der Waals surface area contributed by atoms with E-state index in [1.165, 1.54) is 13.4 Å². The average molecular weight is 357 g/mol. The number of H-pyrrole nitrogens is 1. The molecule has 0 spiro atoms. The van der Waals surface area contributed by atoms with Crippen molar-refractivity contribution in [1.82, 2.24) is 25.0 Å². The number of rotatable bonds is 6. The average Bonchev–Trinajstić information content (AvgIpc) is 3.23. The highest BCUT2D eigenvalue weighted by Crippen LogP contribution is 2.27. The minimum atomic E-state index is -0.791. The molecular weight excluding hydrogens is 342 g/mol. The molecule has 0 fully saturated rings. The van der Waals surface area contributed by atoms with Crippen LogP contribution in [0.5, 0.6) is 5.88 Å². The summed E-state index contributed by atoms with van der Waals surface area (Å²) in [7, 11) is 1.22. The van der Waals surface area contributed by atoms with E-state index in [1.807, 2.05) is 31.2 Å². The molecule has 1 amide bonds. The summed E-state index contributed by atoms with van der Waals surface area (Å²) in [4.78, 5) is 26.6. The molecule has 26 heavy (non-hydrogen) atoms. The smallest absolute Gasteiger partial charge is 0.362 e. The van der Waals surface area contributed by atoms with Gasteiger partial charge in [0.2, 0.25) is 11.6 Å². The molecule has 2 N–H and O–H groups in total. The van der Waals surface area contributed by atoms with Gasteiger partial charge in [-0.2, -0.15) is 0 Å². The first kappa shape index (κ1) is 17.1. The molecule has 0 saturated carbocycles. The molecule has 2 heterocycles. The number of nitrogens with zero attached hydrogens (tertiary/aromatic N) is 5. The van der Waals surface area contributed by atoms with E-state index < -0.39 is 16.5 Å². The molecule has 0 unspecified atom stereocenters. The van der Waals surface area contributed by atoms with Gasteiger partial charge in [-0.05, 0) is 18.1 Å². The molecule has 3 aromatic rings. The SMILES string of the molecule is COc1n[nH]c(C(=O)Nc2ncn(Cc3ccccc3C)n2)c1[N+](=O)[O-]. The largest absolute Gasteiger partial charge is 0.475 e. The van der Waals surface area contributed by atoms with Gasteiger partial charge in [-0.15, -0.1) is 10.2 Å². The summed E-state index contributed by atoms with van der Waals surface area (Å²) < 4.78 is 6.33. The van der Waals surface area contributed by atoms with Gasteiger partial charge in [-0.1, -0.05) is 24.3 Å². The second kappa shape index (κ2) is 7.01. The van der Waals surface area contributed by atoms with Crippen LogP contribution < -0.4 is 10.1 Å². The molecule has 0 radical (unpaired) electrons. The zero-order chi connectivity index (χ0) is 18.7. The minimum absolute atomic E-state index is 0.0199. The van der Waals surface area contributed by atoms with E-state index in [0.29, 0.717) is 6.54 Å². The number of hydrogen-bond donors (Lipinski definition) is 2. The maximum atomic E-state index is 12.3. The topological polar surface area (TPSA) is 141 Å². The van der Waals surface area contributed by atoms with E-state index in [0.717, 1.165) is 11.1 Å². The van der Waals surface area contributed by atoms with E-state index in [-0.39, 0.29) is 17.5 Å². The lowest BCUT2D eigenvalue weighted by molar-refractivity contribution is -0.386. The Morgan fingerprint density at radius 1 is 1.42 bits per heavy atom. The minimum Gasteiger partial charge on any atom is -0.475 e. The van der Waals surface area contributed by atoms with Crippen LogP contribution in [0.1, 0.15) is 21.6 Å². The van der Waals surface area contributed by atoms with Gasteiger partial charge in [0, 0.05) is 0 Å². The molecule has 0 atom stereocenters. The van der Waals surface area contributed by atoms with Gasteiger partial charge >= 0.3 is 11.6 Å². The van der Waals surface area contributed by atoms with Crippen molar-refractivity contribution < 1.29 is 14.5 Å². The van der Waals surface area contributed by atoms with Crippen LogP contribution in [-0.4, -0.2) is 42.9 Å². The third-order valence-corrected chi connectivity index (χ3v) is 3.67. The number of methoxy groups -OCH3 is 1. The lowest BCUT2D eigenvalue weighted by Crippen LogP contribution is -2.15. The van der Waals surface area contributed by atoms with Crippen molar-refractivity contribution in [2.24, 2.45) is 0 Å². The van der Waals surface area contributed by atoms with E-state index in [4.69, 9.17) is 4.74 Å². The second-order valence-electron chi connectivity index (χ2n) is 5.36. The lowest BCUT2D eigenvalue weighted by atomic mass is 10.1. The molecule has 134 valence electrons. The van der Waals surface area contributed by atoms with Gasteiger partial charge in [0.25, 0.3) is 5.91 Å². The molecule has 11 nitrogen and oxygen atoms in total. The molecule has 11 heteroatoms. The number of carbonyl (C=O) groups is 1. The zero-order valence-electron chi connectivity index (χ0n) is 14.0. The number of carbonyl (C=O) groups excluding carboxylic acids is 1. The fourth-order valence-electron chi connectivity index (χ4n) is 2.34. The predicted molar refractivity (Wildman–Crippen MR) is 90.1 cm³/mol. The van der Waals surface area contributed by atoms with Gasteiger partial charge in [-0.3, -0.25) is 25.3 Å². The van der Waals surface area contributed by atoms with Crippen molar-refractivity contribution in [3.05, 3.63) is 57.5 Å². The van der Waals surface area contributed by atoms with Crippen LogP contribution in [-0.2, 0) is 6.54 Å². The first-order valence-corrected chi connectivity index (χ1v) is 7.51. The summed E-state index contributed by atoms with van der Waals surface area (Å²) in [6.07, 6.45) is 1.46. The zero-order valence-corrected chi connectivity index (χ0v) is 14.0. The van der Waals surface area contributed by atoms with Crippen molar-refractivity contribution in [1.29, 1.82) is 0 Å². The number of nitrogens with one attached hydrogen (secondary N) is 2. The normalized spacial score (nSPS) is 10.5. The first-order valence-electron chi connectivity index (χ1n) is 7.51. The number of aromatic amines is 1. The third kappa shape index (κ3) is 3.36. The standard InChI is InChI=1S/C15H15N7O4/c1-9-5-3-4-6-10(9)7-21-8-16-15(20-21)17-13(23)11-12(22(24)25)14(26-2)19-18-11/h3-6,8H,7H2,1-2H3,(H,18,19)(H,17,20,23). The lowest BCUT2D eigenvalue weighted by Gasteiger charge is -2.04. The van der Waals surface area contributed by atoms with Crippen molar-refractivity contribution in [2.75, 3.05) is 12.4 Å². The van der Waals surface area contributed by atoms with Crippen molar-refractivity contribution in [3.8, 4) is 5.88 Å². The Morgan fingerprint density at radius 3 is 2.88 bits per heavy atom. The molecule has 2 aromatic heterocycles. The van der Waals surface area contributed by atoms with Crippen LogP contribution in [0, 0.1) is 17.0 Å². The highest BCUT2D eigenvalue weighted by molar-refractivity contribution is 6.05. The summed E-state index contributed by atoms with van der Waals surface area (Å²) in [5.41, 5.74) is 1.27. The molecular formula is C15H15N7O4. The molecule has 0 bridgehead atoms. The monoisotopic (exact) mass is 357 g/mol. The number of aromatic nitrogens is 5. The highest BCUT2D eigenvalue weighted by Gasteiger charge is 2.30. The van der Waals surface area contributed by atoms with Crippen molar-refractivity contribution >= 4 is 17.5 Å². The fourth-order valence-corrected chi connectivity index (χ4v) is 2.34. The van der Waals surface area contributed by atoms with Crippen LogP contribution in [0.15, 0.2) is 30.6 Å². The Morgan fingerprint density at radius 2 is 2.19 bits per heavy atom. The van der Waals surface area contributed by atoms with Crippen LogP contribution in [0.3, 0.4) is 0 Å². The number of ether oxygens (including phenoxy) is 1. The van der Waals surface area contributed by atoms with E-state index >= 15 is 0 Å². The third-order valence-electron chi connectivity index (χ3n) is 3.67. The Balaban J connectivity index is 1.75. The molecule has 0 aliphatic carbocycles. The summed E-state index contributed by atoms with van der Waals surface area (Å²) in [5.74, 6) is -1.05. The second-order valence-corrected chi connectivity index (χ2v) is 5.36. The van der Waals surface area contributed by atoms with Crippen LogP contribution in [0.2, 0.25) is 0 Å². The number of hydrogen-bond acceptors (Lipinski definition) is 7. The Bertz CT molecular complexity index is 963. The van der Waals surface area contributed by atoms with Crippen LogP contribution in [0.4, 0.5) is 11.6 Å². The summed E-state index contributed by atoms with van der Waals surface area (Å²) in [6, 6.07) is 7.82. The maximum absolute atomic E-state index is 12.3. The van der Waals surface area contributed by atoms with Crippen LogP contribution in [0.25, 0.3) is 0 Å². The molecule has 0 saturated heterocycles. The Hall–Kier alpha value is -3.76. The number of aryl methyl sites for hydroxylation is 1. The first-order chi connectivity index (χ1) is 12.5. The number of anilines is 1. The summed E-state index contributed by atoms with van der Waals surface area (Å²) in [6.45, 7) is 2.47. The summed E-state index contributed by atoms with van der Waals surface area (Å²) in [5, 5.41) is 23.5. The quantitative estimate of drug-likeness (QED) is 0.503. The Kier molecular flexibility index (Phi) is 4.60. The van der Waals surface area contributed by atoms with Gasteiger partial charge < -0.3 is 4.74 Å². The highest BCUT2D eigenvalue weighted by atomic mass is 16.6. The van der Waals surface area contributed by atoms with Crippen molar-refractivity contribution in [3.63, 3.8) is 0 Å². The fraction of sp³-hybridized carbons (Fsp3) is 0.200. The van der Waals surface area contributed by atoms with E-state index in [1.54, 1.807) is 4.68 Å². The molecule has 3 rings (SSSR count). The van der Waals surface area contributed by atoms with Gasteiger partial charge in [0.1, 0.15) is 6.33 Å². The van der Waals surface area contributed by atoms with Crippen molar-refractivity contribution in [2.45, 2.75) is 13.5 Å². The van der Waals surface area contributed by atoms with Crippen LogP contribution >= 0.6 is 0 Å². The predicted octanol–water partition coefficient (Wildman–Crippen LogP) is 1.53. The molecule has 0 aliphatic heterocycles. The Labute approximate surface area is 147 Å². The van der Waals surface area contributed by atoms with Gasteiger partial charge in [0.05, 0.1) is 18.6 Å². The summed E-state index contributed by atoms with van der Waals surface area (Å²) >= 11 is 0. The van der Waals surface area contributed by atoms with E-state index in [2.05, 4.69) is 25.6 Å². The maximum Gasteiger partial charge on any atom is 0.362 e. The van der Waals surface area contributed by atoms with Gasteiger partial charge in [-0.25, -0.2) is 9.67 Å². The molecule has 0 aliphatic rings. The number of nitro groups is 1. The number of benzene rings is 1.